The quantitative estimate of drug-likeness (QED) is 0.890. The molecular weight excluding hydrogens is 230 g/mol. The first-order chi connectivity index (χ1) is 8.72. The van der Waals surface area contributed by atoms with Gasteiger partial charge in [0.15, 0.2) is 5.69 Å². The van der Waals surface area contributed by atoms with Crippen LogP contribution in [0.3, 0.4) is 0 Å². The molecule has 1 saturated heterocycles. The highest BCUT2D eigenvalue weighted by Gasteiger charge is 2.21. The summed E-state index contributed by atoms with van der Waals surface area (Å²) in [7, 11) is 0. The van der Waals surface area contributed by atoms with E-state index in [9.17, 15) is 4.79 Å². The summed E-state index contributed by atoms with van der Waals surface area (Å²) >= 11 is 0. The number of hydrogen-bond acceptors (Lipinski definition) is 4. The smallest absolute Gasteiger partial charge is 0.356 e. The van der Waals surface area contributed by atoms with E-state index in [1.54, 1.807) is 6.20 Å². The number of carboxylic acid groups (broad SMARTS) is 1. The summed E-state index contributed by atoms with van der Waals surface area (Å²) in [5, 5.41) is 8.81. The van der Waals surface area contributed by atoms with Crippen molar-refractivity contribution in [1.82, 2.24) is 9.97 Å². The maximum atomic E-state index is 10.7. The van der Waals surface area contributed by atoms with Crippen LogP contribution in [-0.4, -0.2) is 33.6 Å². The average Bonchev–Trinajstić information content (AvgIpc) is 2.63. The van der Waals surface area contributed by atoms with Crippen LogP contribution in [0.1, 0.15) is 49.5 Å². The Kier molecular flexibility index (Phi) is 4.12. The zero-order valence-electron chi connectivity index (χ0n) is 10.7. The molecule has 1 unspecified atom stereocenters. The van der Waals surface area contributed by atoms with E-state index in [1.807, 2.05) is 0 Å². The molecule has 0 saturated carbocycles. The third-order valence-corrected chi connectivity index (χ3v) is 3.50. The number of carboxylic acids is 1. The second-order valence-corrected chi connectivity index (χ2v) is 4.67. The van der Waals surface area contributed by atoms with Crippen LogP contribution in [0.4, 0.5) is 5.82 Å². The number of rotatable bonds is 3. The summed E-state index contributed by atoms with van der Waals surface area (Å²) in [6, 6.07) is 0.498. The summed E-state index contributed by atoms with van der Waals surface area (Å²) < 4.78 is 0. The van der Waals surface area contributed by atoms with Crippen LogP contribution in [0.5, 0.6) is 0 Å². The van der Waals surface area contributed by atoms with Gasteiger partial charge in [-0.2, -0.15) is 0 Å². The molecule has 1 fully saturated rings. The topological polar surface area (TPSA) is 66.3 Å². The Morgan fingerprint density at radius 2 is 2.22 bits per heavy atom. The van der Waals surface area contributed by atoms with E-state index in [-0.39, 0.29) is 5.69 Å². The van der Waals surface area contributed by atoms with Gasteiger partial charge in [0.25, 0.3) is 0 Å². The maximum absolute atomic E-state index is 10.7. The predicted molar refractivity (Wildman–Crippen MR) is 68.9 cm³/mol. The summed E-state index contributed by atoms with van der Waals surface area (Å²) in [6.45, 7) is 3.17. The molecule has 0 spiro atoms. The molecule has 1 aromatic heterocycles. The van der Waals surface area contributed by atoms with Gasteiger partial charge in [-0.1, -0.05) is 19.8 Å². The van der Waals surface area contributed by atoms with Gasteiger partial charge in [-0.15, -0.1) is 0 Å². The van der Waals surface area contributed by atoms with Gasteiger partial charge < -0.3 is 10.0 Å². The molecule has 0 bridgehead atoms. The summed E-state index contributed by atoms with van der Waals surface area (Å²) in [5.41, 5.74) is 0.00150. The molecular formula is C13H19N3O2. The molecule has 1 N–H and O–H groups in total. The number of hydrogen-bond donors (Lipinski definition) is 1. The first-order valence-electron chi connectivity index (χ1n) is 6.54. The van der Waals surface area contributed by atoms with Crippen LogP contribution >= 0.6 is 0 Å². The van der Waals surface area contributed by atoms with E-state index >= 15 is 0 Å². The van der Waals surface area contributed by atoms with E-state index in [0.717, 1.165) is 18.8 Å². The predicted octanol–water partition coefficient (Wildman–Crippen LogP) is 2.33. The molecule has 0 aromatic carbocycles. The molecule has 98 valence electrons. The van der Waals surface area contributed by atoms with Crippen molar-refractivity contribution in [2.24, 2.45) is 0 Å². The highest BCUT2D eigenvalue weighted by molar-refractivity contribution is 5.84. The summed E-state index contributed by atoms with van der Waals surface area (Å²) in [5.74, 6) is -0.231. The molecule has 2 rings (SSSR count). The Bertz CT molecular complexity index is 405. The standard InChI is InChI=1S/C13H19N3O2/c1-2-10-6-4-3-5-7-16(10)12-9-14-11(8-15-12)13(17)18/h8-10H,2-7H2,1H3,(H,17,18). The second-order valence-electron chi connectivity index (χ2n) is 4.67. The van der Waals surface area contributed by atoms with E-state index in [4.69, 9.17) is 5.11 Å². The molecule has 1 aromatic rings. The van der Waals surface area contributed by atoms with Crippen molar-refractivity contribution in [3.05, 3.63) is 18.1 Å². The highest BCUT2D eigenvalue weighted by Crippen LogP contribution is 2.23. The molecule has 0 radical (unpaired) electrons. The van der Waals surface area contributed by atoms with Gasteiger partial charge >= 0.3 is 5.97 Å². The van der Waals surface area contributed by atoms with E-state index in [2.05, 4.69) is 21.8 Å². The first kappa shape index (κ1) is 12.8. The number of aromatic nitrogens is 2. The third kappa shape index (κ3) is 2.78. The number of nitrogens with zero attached hydrogens (tertiary/aromatic N) is 3. The number of anilines is 1. The minimum absolute atomic E-state index is 0.00150. The average molecular weight is 249 g/mol. The van der Waals surface area contributed by atoms with Crippen LogP contribution in [0, 0.1) is 0 Å². The van der Waals surface area contributed by atoms with Crippen molar-refractivity contribution in [3.63, 3.8) is 0 Å². The van der Waals surface area contributed by atoms with Crippen molar-refractivity contribution in [1.29, 1.82) is 0 Å². The van der Waals surface area contributed by atoms with Crippen LogP contribution in [-0.2, 0) is 0 Å². The van der Waals surface area contributed by atoms with Crippen molar-refractivity contribution in [2.45, 2.75) is 45.1 Å². The van der Waals surface area contributed by atoms with Gasteiger partial charge in [-0.05, 0) is 19.3 Å². The first-order valence-corrected chi connectivity index (χ1v) is 6.54. The van der Waals surface area contributed by atoms with Gasteiger partial charge in [0.1, 0.15) is 5.82 Å². The molecule has 5 nitrogen and oxygen atoms in total. The zero-order valence-corrected chi connectivity index (χ0v) is 10.7. The van der Waals surface area contributed by atoms with Gasteiger partial charge in [-0.3, -0.25) is 0 Å². The lowest BCUT2D eigenvalue weighted by atomic mass is 10.1. The number of carbonyl (C=O) groups is 1. The molecule has 0 amide bonds. The van der Waals surface area contributed by atoms with Crippen LogP contribution in [0.15, 0.2) is 12.4 Å². The monoisotopic (exact) mass is 249 g/mol. The normalized spacial score (nSPS) is 20.5. The molecule has 1 aliphatic rings. The Labute approximate surface area is 107 Å². The van der Waals surface area contributed by atoms with Crippen molar-refractivity contribution in [2.75, 3.05) is 11.4 Å². The molecule has 2 heterocycles. The summed E-state index contributed by atoms with van der Waals surface area (Å²) in [4.78, 5) is 21.2. The van der Waals surface area contributed by atoms with Crippen molar-refractivity contribution >= 4 is 11.8 Å². The van der Waals surface area contributed by atoms with Crippen LogP contribution in [0.25, 0.3) is 0 Å². The van der Waals surface area contributed by atoms with Crippen LogP contribution in [0.2, 0.25) is 0 Å². The lowest BCUT2D eigenvalue weighted by molar-refractivity contribution is 0.0690. The van der Waals surface area contributed by atoms with Crippen molar-refractivity contribution in [3.8, 4) is 0 Å². The van der Waals surface area contributed by atoms with Crippen LogP contribution < -0.4 is 4.90 Å². The second kappa shape index (κ2) is 5.80. The third-order valence-electron chi connectivity index (χ3n) is 3.50. The van der Waals surface area contributed by atoms with Gasteiger partial charge in [0.05, 0.1) is 12.4 Å². The van der Waals surface area contributed by atoms with E-state index in [1.165, 1.54) is 31.9 Å². The molecule has 1 atom stereocenters. The lowest BCUT2D eigenvalue weighted by Gasteiger charge is -2.30. The zero-order chi connectivity index (χ0) is 13.0. The fourth-order valence-corrected chi connectivity index (χ4v) is 2.48. The Morgan fingerprint density at radius 1 is 1.39 bits per heavy atom. The lowest BCUT2D eigenvalue weighted by Crippen LogP contribution is -2.35. The minimum atomic E-state index is -1.03. The number of aromatic carboxylic acids is 1. The minimum Gasteiger partial charge on any atom is -0.476 e. The Balaban J connectivity index is 2.19. The molecule has 0 aliphatic carbocycles. The largest absolute Gasteiger partial charge is 0.476 e. The van der Waals surface area contributed by atoms with Gasteiger partial charge in [0, 0.05) is 12.6 Å². The van der Waals surface area contributed by atoms with Gasteiger partial charge in [-0.25, -0.2) is 14.8 Å². The molecule has 18 heavy (non-hydrogen) atoms. The fourth-order valence-electron chi connectivity index (χ4n) is 2.48. The highest BCUT2D eigenvalue weighted by atomic mass is 16.4. The van der Waals surface area contributed by atoms with E-state index in [0.29, 0.717) is 6.04 Å². The summed E-state index contributed by atoms with van der Waals surface area (Å²) in [6.07, 6.45) is 8.87. The maximum Gasteiger partial charge on any atom is 0.356 e. The van der Waals surface area contributed by atoms with Crippen molar-refractivity contribution < 1.29 is 9.90 Å². The fraction of sp³-hybridized carbons (Fsp3) is 0.615. The SMILES string of the molecule is CCC1CCCCCN1c1cnc(C(=O)O)cn1. The van der Waals surface area contributed by atoms with E-state index < -0.39 is 5.97 Å². The molecule has 5 heteroatoms. The van der Waals surface area contributed by atoms with Gasteiger partial charge in [0.2, 0.25) is 0 Å². The molecule has 1 aliphatic heterocycles. The Hall–Kier alpha value is -1.65. The Morgan fingerprint density at radius 3 is 2.83 bits per heavy atom.